The first-order chi connectivity index (χ1) is 14.6. The summed E-state index contributed by atoms with van der Waals surface area (Å²) in [6.07, 6.45) is 2.58. The summed E-state index contributed by atoms with van der Waals surface area (Å²) in [6, 6.07) is 15.0. The van der Waals surface area contributed by atoms with Gasteiger partial charge in [0.25, 0.3) is 5.91 Å². The number of ether oxygens (including phenoxy) is 2. The minimum Gasteiger partial charge on any atom is -0.490 e. The molecule has 1 amide bonds. The Morgan fingerprint density at radius 1 is 1.17 bits per heavy atom. The Morgan fingerprint density at radius 3 is 2.70 bits per heavy atom. The summed E-state index contributed by atoms with van der Waals surface area (Å²) in [5.41, 5.74) is 2.61. The summed E-state index contributed by atoms with van der Waals surface area (Å²) in [7, 11) is 0. The van der Waals surface area contributed by atoms with Gasteiger partial charge in [-0.2, -0.15) is 5.26 Å². The number of rotatable bonds is 8. The largest absolute Gasteiger partial charge is 0.490 e. The van der Waals surface area contributed by atoms with E-state index in [4.69, 9.17) is 21.7 Å². The van der Waals surface area contributed by atoms with Crippen molar-refractivity contribution in [2.75, 3.05) is 13.2 Å². The second kappa shape index (κ2) is 9.90. The van der Waals surface area contributed by atoms with E-state index in [1.54, 1.807) is 23.1 Å². The molecule has 1 N–H and O–H groups in total. The minimum atomic E-state index is -0.131. The highest BCUT2D eigenvalue weighted by Gasteiger charge is 2.29. The number of nitrogens with one attached hydrogen (secondary N) is 1. The number of benzene rings is 2. The van der Waals surface area contributed by atoms with E-state index >= 15 is 0 Å². The molecule has 0 saturated carbocycles. The van der Waals surface area contributed by atoms with Gasteiger partial charge in [0.2, 0.25) is 0 Å². The van der Waals surface area contributed by atoms with Gasteiger partial charge in [-0.1, -0.05) is 31.2 Å². The molecule has 1 fully saturated rings. The molecule has 1 saturated heterocycles. The highest BCUT2D eigenvalue weighted by molar-refractivity contribution is 7.80. The molecular weight excluding hydrogens is 398 g/mol. The van der Waals surface area contributed by atoms with Crippen molar-refractivity contribution in [2.45, 2.75) is 26.9 Å². The fourth-order valence-corrected chi connectivity index (χ4v) is 3.36. The fraction of sp³-hybridized carbons (Fsp3) is 0.261. The van der Waals surface area contributed by atoms with Crippen molar-refractivity contribution < 1.29 is 14.3 Å². The van der Waals surface area contributed by atoms with Gasteiger partial charge in [-0.15, -0.1) is 0 Å². The lowest BCUT2D eigenvalue weighted by molar-refractivity contribution is -0.122. The summed E-state index contributed by atoms with van der Waals surface area (Å²) in [5, 5.41) is 12.6. The van der Waals surface area contributed by atoms with Crippen LogP contribution in [-0.2, 0) is 11.4 Å². The van der Waals surface area contributed by atoms with Crippen LogP contribution in [0.2, 0.25) is 0 Å². The molecule has 30 heavy (non-hydrogen) atoms. The lowest BCUT2D eigenvalue weighted by Crippen LogP contribution is -2.31. The molecule has 0 spiro atoms. The van der Waals surface area contributed by atoms with Crippen LogP contribution in [0.5, 0.6) is 11.5 Å². The first-order valence-electron chi connectivity index (χ1n) is 9.79. The normalized spacial score (nSPS) is 14.6. The van der Waals surface area contributed by atoms with Crippen molar-refractivity contribution in [1.29, 1.82) is 5.26 Å². The lowest BCUT2D eigenvalue weighted by atomic mass is 10.1. The van der Waals surface area contributed by atoms with Crippen molar-refractivity contribution in [1.82, 2.24) is 10.2 Å². The molecule has 6 nitrogen and oxygen atoms in total. The third-order valence-electron chi connectivity index (χ3n) is 4.51. The molecule has 3 rings (SSSR count). The Bertz CT molecular complexity index is 1030. The van der Waals surface area contributed by atoms with Gasteiger partial charge < -0.3 is 14.8 Å². The average Bonchev–Trinajstić information content (AvgIpc) is 3.01. The highest BCUT2D eigenvalue weighted by Crippen LogP contribution is 2.30. The molecule has 0 unspecified atom stereocenters. The molecule has 0 radical (unpaired) electrons. The van der Waals surface area contributed by atoms with Crippen molar-refractivity contribution >= 4 is 29.3 Å². The predicted octanol–water partition coefficient (Wildman–Crippen LogP) is 4.00. The monoisotopic (exact) mass is 421 g/mol. The van der Waals surface area contributed by atoms with Gasteiger partial charge in [0.05, 0.1) is 18.2 Å². The van der Waals surface area contributed by atoms with E-state index in [0.717, 1.165) is 17.5 Å². The molecule has 0 aromatic heterocycles. The number of thiocarbonyl (C=S) groups is 1. The van der Waals surface area contributed by atoms with Crippen LogP contribution in [0.4, 0.5) is 0 Å². The first kappa shape index (κ1) is 21.3. The Labute approximate surface area is 181 Å². The van der Waals surface area contributed by atoms with Crippen LogP contribution >= 0.6 is 12.2 Å². The van der Waals surface area contributed by atoms with Crippen LogP contribution in [0.15, 0.2) is 48.2 Å². The Balaban J connectivity index is 1.81. The van der Waals surface area contributed by atoms with E-state index < -0.39 is 0 Å². The Morgan fingerprint density at radius 2 is 1.97 bits per heavy atom. The number of amides is 1. The SMILES string of the molecule is CCCN1C(=O)/C(=C/c2ccc(OCc3ccccc3C#N)c(OCC)c2)NC1=S. The van der Waals surface area contributed by atoms with Gasteiger partial charge >= 0.3 is 0 Å². The van der Waals surface area contributed by atoms with Crippen LogP contribution in [0.3, 0.4) is 0 Å². The van der Waals surface area contributed by atoms with E-state index in [1.807, 2.05) is 44.2 Å². The van der Waals surface area contributed by atoms with Crippen molar-refractivity contribution in [2.24, 2.45) is 0 Å². The number of carbonyl (C=O) groups is 1. The van der Waals surface area contributed by atoms with Crippen LogP contribution in [0, 0.1) is 11.3 Å². The molecule has 1 heterocycles. The van der Waals surface area contributed by atoms with E-state index in [2.05, 4.69) is 11.4 Å². The number of nitriles is 1. The van der Waals surface area contributed by atoms with Crippen molar-refractivity contribution in [3.63, 3.8) is 0 Å². The van der Waals surface area contributed by atoms with Gasteiger partial charge in [-0.25, -0.2) is 0 Å². The maximum absolute atomic E-state index is 12.5. The zero-order valence-electron chi connectivity index (χ0n) is 17.0. The number of hydrogen-bond acceptors (Lipinski definition) is 5. The standard InChI is InChI=1S/C23H23N3O3S/c1-3-11-26-22(27)19(25-23(26)30)12-16-9-10-20(21(13-16)28-4-2)29-15-18-8-6-5-7-17(18)14-24/h5-10,12-13H,3-4,11,15H2,1-2H3,(H,25,30)/b19-12-. The van der Waals surface area contributed by atoms with Gasteiger partial charge in [-0.3, -0.25) is 9.69 Å². The van der Waals surface area contributed by atoms with Gasteiger partial charge in [0.1, 0.15) is 12.3 Å². The van der Waals surface area contributed by atoms with E-state index in [-0.39, 0.29) is 12.5 Å². The summed E-state index contributed by atoms with van der Waals surface area (Å²) in [4.78, 5) is 14.1. The second-order valence-electron chi connectivity index (χ2n) is 6.64. The summed E-state index contributed by atoms with van der Waals surface area (Å²) in [5.74, 6) is 1.01. The average molecular weight is 422 g/mol. The van der Waals surface area contributed by atoms with E-state index in [0.29, 0.717) is 41.0 Å². The molecule has 1 aliphatic heterocycles. The fourth-order valence-electron chi connectivity index (χ4n) is 3.08. The van der Waals surface area contributed by atoms with Gasteiger partial charge in [0.15, 0.2) is 16.6 Å². The molecule has 2 aromatic rings. The van der Waals surface area contributed by atoms with Crippen molar-refractivity contribution in [3.8, 4) is 17.6 Å². The minimum absolute atomic E-state index is 0.131. The third-order valence-corrected chi connectivity index (χ3v) is 4.83. The molecule has 2 aromatic carbocycles. The predicted molar refractivity (Wildman–Crippen MR) is 119 cm³/mol. The van der Waals surface area contributed by atoms with Gasteiger partial charge in [-0.05, 0) is 55.4 Å². The number of nitrogens with zero attached hydrogens (tertiary/aromatic N) is 2. The molecule has 7 heteroatoms. The lowest BCUT2D eigenvalue weighted by Gasteiger charge is -2.13. The third kappa shape index (κ3) is 4.78. The quantitative estimate of drug-likeness (QED) is 0.513. The Kier molecular flexibility index (Phi) is 7.04. The summed E-state index contributed by atoms with van der Waals surface area (Å²) < 4.78 is 11.7. The molecular formula is C23H23N3O3S. The summed E-state index contributed by atoms with van der Waals surface area (Å²) >= 11 is 5.25. The van der Waals surface area contributed by atoms with Crippen molar-refractivity contribution in [3.05, 3.63) is 64.9 Å². The van der Waals surface area contributed by atoms with Crippen LogP contribution in [-0.4, -0.2) is 29.1 Å². The van der Waals surface area contributed by atoms with Crippen LogP contribution in [0.1, 0.15) is 37.0 Å². The van der Waals surface area contributed by atoms with Crippen LogP contribution in [0.25, 0.3) is 6.08 Å². The van der Waals surface area contributed by atoms with Gasteiger partial charge in [0, 0.05) is 12.1 Å². The summed E-state index contributed by atoms with van der Waals surface area (Å²) in [6.45, 7) is 5.20. The number of hydrogen-bond donors (Lipinski definition) is 1. The Hall–Kier alpha value is -3.37. The zero-order valence-corrected chi connectivity index (χ0v) is 17.8. The molecule has 0 bridgehead atoms. The topological polar surface area (TPSA) is 74.6 Å². The second-order valence-corrected chi connectivity index (χ2v) is 7.03. The zero-order chi connectivity index (χ0) is 21.5. The van der Waals surface area contributed by atoms with E-state index in [9.17, 15) is 10.1 Å². The molecule has 1 aliphatic rings. The maximum Gasteiger partial charge on any atom is 0.276 e. The van der Waals surface area contributed by atoms with Crippen LogP contribution < -0.4 is 14.8 Å². The highest BCUT2D eigenvalue weighted by atomic mass is 32.1. The number of carbonyl (C=O) groups excluding carboxylic acids is 1. The maximum atomic E-state index is 12.5. The molecule has 154 valence electrons. The molecule has 0 aliphatic carbocycles. The smallest absolute Gasteiger partial charge is 0.276 e. The molecule has 0 atom stereocenters. The first-order valence-corrected chi connectivity index (χ1v) is 10.2. The van der Waals surface area contributed by atoms with E-state index in [1.165, 1.54) is 0 Å².